The smallest absolute Gasteiger partial charge is 0.307 e. The zero-order chi connectivity index (χ0) is 18.6. The van der Waals surface area contributed by atoms with Crippen molar-refractivity contribution < 1.29 is 18.3 Å². The van der Waals surface area contributed by atoms with Crippen molar-refractivity contribution in [3.63, 3.8) is 0 Å². The van der Waals surface area contributed by atoms with Gasteiger partial charge in [0.2, 0.25) is 0 Å². The number of halogens is 2. The largest absolute Gasteiger partial charge is 0.466 e. The molecule has 1 unspecified atom stereocenters. The number of carbonyl (C=O) groups excluding carboxylic acids is 1. The maximum Gasteiger partial charge on any atom is 0.307 e. The van der Waals surface area contributed by atoms with Crippen LogP contribution in [0.15, 0.2) is 30.3 Å². The fourth-order valence-electron chi connectivity index (χ4n) is 3.03. The van der Waals surface area contributed by atoms with E-state index in [2.05, 4.69) is 5.32 Å². The molecule has 5 heteroatoms. The molecule has 0 aromatic heterocycles. The number of hydrogen-bond acceptors (Lipinski definition) is 3. The molecule has 0 spiro atoms. The summed E-state index contributed by atoms with van der Waals surface area (Å²) in [5.41, 5.74) is 3.53. The molecule has 0 saturated heterocycles. The van der Waals surface area contributed by atoms with Crippen LogP contribution in [0, 0.1) is 25.5 Å². The van der Waals surface area contributed by atoms with Gasteiger partial charge in [0.05, 0.1) is 13.0 Å². The van der Waals surface area contributed by atoms with Crippen LogP contribution in [-0.4, -0.2) is 19.6 Å². The van der Waals surface area contributed by atoms with Gasteiger partial charge in [-0.1, -0.05) is 18.2 Å². The molecular weight excluding hydrogens is 324 g/mol. The molecular formula is C20H23F2NO2. The molecule has 0 fully saturated rings. The first kappa shape index (κ1) is 19.1. The van der Waals surface area contributed by atoms with E-state index in [0.29, 0.717) is 5.56 Å². The van der Waals surface area contributed by atoms with Crippen molar-refractivity contribution in [2.45, 2.75) is 33.2 Å². The van der Waals surface area contributed by atoms with E-state index < -0.39 is 23.6 Å². The highest BCUT2D eigenvalue weighted by Crippen LogP contribution is 2.32. The number of hydrogen-bond donors (Lipinski definition) is 1. The zero-order valence-corrected chi connectivity index (χ0v) is 15.0. The SMILES string of the molecule is CCOC(=O)CC(NC)c1cc(-c2c(C)cccc2C)cc(F)c1F. The molecule has 0 radical (unpaired) electrons. The highest BCUT2D eigenvalue weighted by molar-refractivity contribution is 5.73. The highest BCUT2D eigenvalue weighted by atomic mass is 19.2. The van der Waals surface area contributed by atoms with E-state index in [4.69, 9.17) is 4.74 Å². The molecule has 3 nitrogen and oxygen atoms in total. The van der Waals surface area contributed by atoms with Crippen molar-refractivity contribution in [2.24, 2.45) is 0 Å². The molecule has 0 aliphatic carbocycles. The van der Waals surface area contributed by atoms with Gasteiger partial charge < -0.3 is 10.1 Å². The maximum absolute atomic E-state index is 14.4. The second-order valence-electron chi connectivity index (χ2n) is 5.98. The number of nitrogens with one attached hydrogen (secondary N) is 1. The van der Waals surface area contributed by atoms with Crippen LogP contribution in [0.4, 0.5) is 8.78 Å². The molecule has 0 aliphatic heterocycles. The normalized spacial score (nSPS) is 12.1. The van der Waals surface area contributed by atoms with Gasteiger partial charge in [-0.05, 0) is 62.2 Å². The minimum absolute atomic E-state index is 0.0725. The zero-order valence-electron chi connectivity index (χ0n) is 15.0. The molecule has 1 N–H and O–H groups in total. The van der Waals surface area contributed by atoms with Gasteiger partial charge in [0.25, 0.3) is 0 Å². The summed E-state index contributed by atoms with van der Waals surface area (Å²) in [6.07, 6.45) is -0.0725. The summed E-state index contributed by atoms with van der Waals surface area (Å²) >= 11 is 0. The number of esters is 1. The molecule has 2 aromatic carbocycles. The average molecular weight is 347 g/mol. The predicted octanol–water partition coefficient (Wildman–Crippen LogP) is 4.46. The van der Waals surface area contributed by atoms with E-state index in [1.165, 1.54) is 6.07 Å². The van der Waals surface area contributed by atoms with Crippen molar-refractivity contribution in [1.82, 2.24) is 5.32 Å². The van der Waals surface area contributed by atoms with E-state index >= 15 is 0 Å². The Balaban J connectivity index is 2.52. The lowest BCUT2D eigenvalue weighted by molar-refractivity contribution is -0.143. The van der Waals surface area contributed by atoms with E-state index in [0.717, 1.165) is 16.7 Å². The minimum atomic E-state index is -0.946. The highest BCUT2D eigenvalue weighted by Gasteiger charge is 2.22. The summed E-state index contributed by atoms with van der Waals surface area (Å²) in [5, 5.41) is 2.88. The van der Waals surface area contributed by atoms with Gasteiger partial charge in [-0.15, -0.1) is 0 Å². The standard InChI is InChI=1S/C20H23F2NO2/c1-5-25-18(24)11-17(23-4)15-9-14(10-16(21)20(15)22)19-12(2)7-6-8-13(19)3/h6-10,17,23H,5,11H2,1-4H3. The van der Waals surface area contributed by atoms with Gasteiger partial charge in [-0.3, -0.25) is 4.79 Å². The fraction of sp³-hybridized carbons (Fsp3) is 0.350. The molecule has 2 rings (SSSR count). The molecule has 2 aromatic rings. The summed E-state index contributed by atoms with van der Waals surface area (Å²) in [4.78, 5) is 11.8. The van der Waals surface area contributed by atoms with Crippen molar-refractivity contribution in [1.29, 1.82) is 0 Å². The molecule has 0 heterocycles. The average Bonchev–Trinajstić information content (AvgIpc) is 2.56. The molecule has 134 valence electrons. The van der Waals surface area contributed by atoms with Crippen LogP contribution in [0.25, 0.3) is 11.1 Å². The van der Waals surface area contributed by atoms with Crippen molar-refractivity contribution in [3.05, 3.63) is 58.7 Å². The molecule has 0 aliphatic rings. The fourth-order valence-corrected chi connectivity index (χ4v) is 3.03. The molecule has 0 saturated carbocycles. The van der Waals surface area contributed by atoms with Crippen molar-refractivity contribution in [2.75, 3.05) is 13.7 Å². The molecule has 1 atom stereocenters. The second-order valence-corrected chi connectivity index (χ2v) is 5.98. The summed E-state index contributed by atoms with van der Waals surface area (Å²) in [6, 6.07) is 7.92. The van der Waals surface area contributed by atoms with Crippen molar-refractivity contribution in [3.8, 4) is 11.1 Å². The summed E-state index contributed by atoms with van der Waals surface area (Å²) in [6.45, 7) is 5.80. The Morgan fingerprint density at radius 2 is 1.84 bits per heavy atom. The summed E-state index contributed by atoms with van der Waals surface area (Å²) < 4.78 is 33.6. The number of carbonyl (C=O) groups is 1. The molecule has 25 heavy (non-hydrogen) atoms. The van der Waals surface area contributed by atoms with Crippen LogP contribution in [-0.2, 0) is 9.53 Å². The van der Waals surface area contributed by atoms with Gasteiger partial charge >= 0.3 is 5.97 Å². The lowest BCUT2D eigenvalue weighted by Crippen LogP contribution is -2.22. The number of ether oxygens (including phenoxy) is 1. The third-order valence-electron chi connectivity index (χ3n) is 4.23. The Kier molecular flexibility index (Phi) is 6.26. The van der Waals surface area contributed by atoms with Crippen LogP contribution < -0.4 is 5.32 Å². The van der Waals surface area contributed by atoms with Crippen LogP contribution in [0.1, 0.15) is 36.1 Å². The Morgan fingerprint density at radius 3 is 2.40 bits per heavy atom. The van der Waals surface area contributed by atoms with Gasteiger partial charge in [0.1, 0.15) is 0 Å². The molecule has 0 bridgehead atoms. The third kappa shape index (κ3) is 4.23. The topological polar surface area (TPSA) is 38.3 Å². The second kappa shape index (κ2) is 8.21. The van der Waals surface area contributed by atoms with Crippen LogP contribution in [0.5, 0.6) is 0 Å². The quantitative estimate of drug-likeness (QED) is 0.784. The van der Waals surface area contributed by atoms with E-state index in [1.807, 2.05) is 32.0 Å². The first-order valence-corrected chi connectivity index (χ1v) is 8.27. The van der Waals surface area contributed by atoms with Crippen molar-refractivity contribution >= 4 is 5.97 Å². The maximum atomic E-state index is 14.4. The Labute approximate surface area is 147 Å². The number of rotatable bonds is 6. The van der Waals surface area contributed by atoms with E-state index in [-0.39, 0.29) is 18.6 Å². The Morgan fingerprint density at radius 1 is 1.20 bits per heavy atom. The third-order valence-corrected chi connectivity index (χ3v) is 4.23. The van der Waals surface area contributed by atoms with Gasteiger partial charge in [0.15, 0.2) is 11.6 Å². The summed E-state index contributed by atoms with van der Waals surface area (Å²) in [5.74, 6) is -2.34. The minimum Gasteiger partial charge on any atom is -0.466 e. The lowest BCUT2D eigenvalue weighted by atomic mass is 9.92. The Bertz CT molecular complexity index is 754. The number of benzene rings is 2. The lowest BCUT2D eigenvalue weighted by Gasteiger charge is -2.19. The van der Waals surface area contributed by atoms with E-state index in [1.54, 1.807) is 20.0 Å². The Hall–Kier alpha value is -2.27. The van der Waals surface area contributed by atoms with Gasteiger partial charge in [-0.25, -0.2) is 8.78 Å². The predicted molar refractivity (Wildman–Crippen MR) is 94.3 cm³/mol. The van der Waals surface area contributed by atoms with Gasteiger partial charge in [0, 0.05) is 11.6 Å². The van der Waals surface area contributed by atoms with Crippen LogP contribution in [0.3, 0.4) is 0 Å². The van der Waals surface area contributed by atoms with Crippen LogP contribution >= 0.6 is 0 Å². The molecule has 0 amide bonds. The first-order valence-electron chi connectivity index (χ1n) is 8.27. The van der Waals surface area contributed by atoms with Crippen LogP contribution in [0.2, 0.25) is 0 Å². The van der Waals surface area contributed by atoms with Gasteiger partial charge in [-0.2, -0.15) is 0 Å². The first-order chi connectivity index (χ1) is 11.9. The van der Waals surface area contributed by atoms with E-state index in [9.17, 15) is 13.6 Å². The monoisotopic (exact) mass is 347 g/mol. The number of aryl methyl sites for hydroxylation is 2. The summed E-state index contributed by atoms with van der Waals surface area (Å²) in [7, 11) is 1.60.